The summed E-state index contributed by atoms with van der Waals surface area (Å²) >= 11 is 0. The first-order chi connectivity index (χ1) is 13.3. The second kappa shape index (κ2) is 8.07. The van der Waals surface area contributed by atoms with Crippen molar-refractivity contribution in [3.63, 3.8) is 0 Å². The maximum absolute atomic E-state index is 13.7. The van der Waals surface area contributed by atoms with Gasteiger partial charge in [-0.3, -0.25) is 0 Å². The summed E-state index contributed by atoms with van der Waals surface area (Å²) in [6.07, 6.45) is 1.79. The van der Waals surface area contributed by atoms with Gasteiger partial charge in [-0.15, -0.1) is 0 Å². The molecule has 0 radical (unpaired) electrons. The Morgan fingerprint density at radius 2 is 2.00 bits per heavy atom. The topological polar surface area (TPSA) is 104 Å². The van der Waals surface area contributed by atoms with Crippen molar-refractivity contribution in [3.8, 4) is 0 Å². The van der Waals surface area contributed by atoms with E-state index in [1.54, 1.807) is 12.1 Å². The van der Waals surface area contributed by atoms with Crippen molar-refractivity contribution in [1.82, 2.24) is 9.55 Å². The first-order valence-corrected chi connectivity index (χ1v) is 10.3. The highest BCUT2D eigenvalue weighted by molar-refractivity contribution is 7.89. The molecule has 0 atom stereocenters. The van der Waals surface area contributed by atoms with E-state index in [1.807, 2.05) is 11.5 Å². The van der Waals surface area contributed by atoms with E-state index in [0.717, 1.165) is 12.8 Å². The minimum atomic E-state index is -3.86. The molecule has 1 aromatic heterocycles. The van der Waals surface area contributed by atoms with E-state index in [9.17, 15) is 17.6 Å². The van der Waals surface area contributed by atoms with Gasteiger partial charge in [-0.25, -0.2) is 27.7 Å². The van der Waals surface area contributed by atoms with Crippen molar-refractivity contribution < 1.29 is 22.3 Å². The highest BCUT2D eigenvalue weighted by atomic mass is 32.2. The number of unbranched alkanes of at least 4 members (excludes halogenated alkanes) is 1. The van der Waals surface area contributed by atoms with E-state index < -0.39 is 21.8 Å². The van der Waals surface area contributed by atoms with Gasteiger partial charge in [-0.05, 0) is 36.8 Å². The number of fused-ring (bicyclic) bond motifs is 1. The molecule has 0 saturated heterocycles. The Morgan fingerprint density at radius 3 is 2.68 bits per heavy atom. The molecule has 28 heavy (non-hydrogen) atoms. The zero-order valence-electron chi connectivity index (χ0n) is 15.3. The Balaban J connectivity index is 1.92. The number of aryl methyl sites for hydroxylation is 1. The van der Waals surface area contributed by atoms with Crippen LogP contribution in [-0.2, 0) is 27.9 Å². The maximum atomic E-state index is 13.7. The lowest BCUT2D eigenvalue weighted by Crippen LogP contribution is -2.12. The van der Waals surface area contributed by atoms with Gasteiger partial charge in [0.25, 0.3) is 0 Å². The van der Waals surface area contributed by atoms with E-state index >= 15 is 0 Å². The van der Waals surface area contributed by atoms with Gasteiger partial charge in [0.2, 0.25) is 10.0 Å². The number of carbonyl (C=O) groups excluding carboxylic acids is 1. The number of aromatic nitrogens is 2. The average molecular weight is 405 g/mol. The van der Waals surface area contributed by atoms with Crippen molar-refractivity contribution in [3.05, 3.63) is 59.7 Å². The summed E-state index contributed by atoms with van der Waals surface area (Å²) in [7, 11) is -3.86. The molecule has 3 aromatic rings. The highest BCUT2D eigenvalue weighted by Gasteiger charge is 2.17. The van der Waals surface area contributed by atoms with Crippen LogP contribution in [0.4, 0.5) is 4.39 Å². The van der Waals surface area contributed by atoms with E-state index in [-0.39, 0.29) is 17.1 Å². The Morgan fingerprint density at radius 1 is 1.25 bits per heavy atom. The van der Waals surface area contributed by atoms with E-state index in [0.29, 0.717) is 23.4 Å². The number of sulfonamides is 1. The van der Waals surface area contributed by atoms with E-state index in [2.05, 4.69) is 4.98 Å². The summed E-state index contributed by atoms with van der Waals surface area (Å²) in [6, 6.07) is 9.98. The van der Waals surface area contributed by atoms with Crippen molar-refractivity contribution in [1.29, 1.82) is 0 Å². The standard InChI is InChI=1S/C19H20FN3O4S/c1-2-3-10-23-17-9-8-13(28(21,25)26)11-16(17)22-18(23)12-27-19(24)14-6-4-5-7-15(14)20/h4-9,11H,2-3,10,12H2,1H3,(H2,21,25,26). The molecule has 9 heteroatoms. The summed E-state index contributed by atoms with van der Waals surface area (Å²) < 4.78 is 44.0. The molecule has 0 spiro atoms. The predicted molar refractivity (Wildman–Crippen MR) is 102 cm³/mol. The fourth-order valence-corrected chi connectivity index (χ4v) is 3.38. The maximum Gasteiger partial charge on any atom is 0.341 e. The summed E-state index contributed by atoms with van der Waals surface area (Å²) in [4.78, 5) is 16.5. The Kier molecular flexibility index (Phi) is 5.76. The van der Waals surface area contributed by atoms with Crippen molar-refractivity contribution in [2.24, 2.45) is 5.14 Å². The Bertz CT molecular complexity index is 1130. The third-order valence-electron chi connectivity index (χ3n) is 4.29. The molecule has 0 fully saturated rings. The quantitative estimate of drug-likeness (QED) is 0.609. The zero-order chi connectivity index (χ0) is 20.3. The van der Waals surface area contributed by atoms with Crippen LogP contribution in [0, 0.1) is 5.82 Å². The molecule has 0 unspecified atom stereocenters. The molecule has 0 amide bonds. The lowest BCUT2D eigenvalue weighted by atomic mass is 10.2. The molecular formula is C19H20FN3O4S. The number of ether oxygens (including phenoxy) is 1. The van der Waals surface area contributed by atoms with Gasteiger partial charge in [-0.2, -0.15) is 0 Å². The number of esters is 1. The molecule has 148 valence electrons. The number of primary sulfonamides is 1. The molecule has 3 rings (SSSR count). The third-order valence-corrected chi connectivity index (χ3v) is 5.20. The second-order valence-electron chi connectivity index (χ2n) is 6.28. The van der Waals surface area contributed by atoms with Gasteiger partial charge < -0.3 is 9.30 Å². The molecule has 0 aliphatic carbocycles. The molecular weight excluding hydrogens is 385 g/mol. The van der Waals surface area contributed by atoms with Crippen molar-refractivity contribution in [2.75, 3.05) is 0 Å². The normalized spacial score (nSPS) is 11.7. The fraction of sp³-hybridized carbons (Fsp3) is 0.263. The van der Waals surface area contributed by atoms with Crippen LogP contribution in [-0.4, -0.2) is 23.9 Å². The minimum Gasteiger partial charge on any atom is -0.454 e. The Labute approximate surface area is 162 Å². The second-order valence-corrected chi connectivity index (χ2v) is 7.85. The van der Waals surface area contributed by atoms with Crippen LogP contribution >= 0.6 is 0 Å². The number of hydrogen-bond acceptors (Lipinski definition) is 5. The number of nitrogens with two attached hydrogens (primary N) is 1. The molecule has 7 nitrogen and oxygen atoms in total. The van der Waals surface area contributed by atoms with Gasteiger partial charge in [0.15, 0.2) is 0 Å². The number of rotatable bonds is 7. The van der Waals surface area contributed by atoms with E-state index in [1.165, 1.54) is 30.3 Å². The average Bonchev–Trinajstić information content (AvgIpc) is 3.00. The van der Waals surface area contributed by atoms with Crippen LogP contribution in [0.15, 0.2) is 47.4 Å². The van der Waals surface area contributed by atoms with Crippen LogP contribution in [0.1, 0.15) is 35.9 Å². The van der Waals surface area contributed by atoms with Gasteiger partial charge >= 0.3 is 5.97 Å². The zero-order valence-corrected chi connectivity index (χ0v) is 16.1. The molecule has 2 aromatic carbocycles. The van der Waals surface area contributed by atoms with Crippen LogP contribution in [0.5, 0.6) is 0 Å². The molecule has 1 heterocycles. The largest absolute Gasteiger partial charge is 0.454 e. The number of benzene rings is 2. The summed E-state index contributed by atoms with van der Waals surface area (Å²) in [6.45, 7) is 2.49. The number of carbonyl (C=O) groups is 1. The number of hydrogen-bond donors (Lipinski definition) is 1. The SMILES string of the molecule is CCCCn1c(COC(=O)c2ccccc2F)nc2cc(S(N)(=O)=O)ccc21. The van der Waals surface area contributed by atoms with Gasteiger partial charge in [0, 0.05) is 6.54 Å². The van der Waals surface area contributed by atoms with Crippen LogP contribution < -0.4 is 5.14 Å². The monoisotopic (exact) mass is 405 g/mol. The summed E-state index contributed by atoms with van der Waals surface area (Å²) in [5.74, 6) is -1.01. The smallest absolute Gasteiger partial charge is 0.341 e. The number of nitrogens with zero attached hydrogens (tertiary/aromatic N) is 2. The molecule has 0 bridgehead atoms. The van der Waals surface area contributed by atoms with Crippen molar-refractivity contribution >= 4 is 27.0 Å². The third kappa shape index (κ3) is 4.20. The van der Waals surface area contributed by atoms with Crippen molar-refractivity contribution in [2.45, 2.75) is 37.8 Å². The van der Waals surface area contributed by atoms with Crippen LogP contribution in [0.3, 0.4) is 0 Å². The number of halogens is 1. The van der Waals surface area contributed by atoms with E-state index in [4.69, 9.17) is 9.88 Å². The lowest BCUT2D eigenvalue weighted by molar-refractivity contribution is 0.0453. The van der Waals surface area contributed by atoms with Gasteiger partial charge in [0.05, 0.1) is 21.5 Å². The van der Waals surface area contributed by atoms with Crippen LogP contribution in [0.25, 0.3) is 11.0 Å². The minimum absolute atomic E-state index is 0.0463. The van der Waals surface area contributed by atoms with Gasteiger partial charge in [-0.1, -0.05) is 25.5 Å². The van der Waals surface area contributed by atoms with Gasteiger partial charge in [0.1, 0.15) is 18.2 Å². The Hall–Kier alpha value is -2.78. The number of imidazole rings is 1. The highest BCUT2D eigenvalue weighted by Crippen LogP contribution is 2.22. The molecule has 2 N–H and O–H groups in total. The first kappa shape index (κ1) is 20.0. The fourth-order valence-electron chi connectivity index (χ4n) is 2.85. The lowest BCUT2D eigenvalue weighted by Gasteiger charge is -2.09. The summed E-state index contributed by atoms with van der Waals surface area (Å²) in [5.41, 5.74) is 0.979. The molecule has 0 saturated carbocycles. The predicted octanol–water partition coefficient (Wildman–Crippen LogP) is 2.98. The molecule has 0 aliphatic rings. The first-order valence-electron chi connectivity index (χ1n) is 8.75. The molecule has 0 aliphatic heterocycles. The summed E-state index contributed by atoms with van der Waals surface area (Å²) in [5, 5.41) is 5.18. The van der Waals surface area contributed by atoms with Crippen LogP contribution in [0.2, 0.25) is 0 Å².